The number of aliphatic hydroxyl groups excluding tert-OH is 1. The molecule has 0 aliphatic carbocycles. The summed E-state index contributed by atoms with van der Waals surface area (Å²) in [6.45, 7) is 8.19. The Labute approximate surface area is 111 Å². The number of piperidine rings is 1. The van der Waals surface area contributed by atoms with E-state index in [1.807, 2.05) is 0 Å². The zero-order valence-electron chi connectivity index (χ0n) is 11.7. The second kappa shape index (κ2) is 6.35. The third-order valence-corrected chi connectivity index (χ3v) is 4.01. The van der Waals surface area contributed by atoms with E-state index in [0.29, 0.717) is 0 Å². The van der Waals surface area contributed by atoms with Crippen molar-refractivity contribution in [2.45, 2.75) is 39.7 Å². The summed E-state index contributed by atoms with van der Waals surface area (Å²) in [4.78, 5) is 2.55. The van der Waals surface area contributed by atoms with Gasteiger partial charge in [0.15, 0.2) is 0 Å². The molecule has 18 heavy (non-hydrogen) atoms. The van der Waals surface area contributed by atoms with Crippen molar-refractivity contribution >= 4 is 0 Å². The summed E-state index contributed by atoms with van der Waals surface area (Å²) in [5.74, 6) is 0.885. The Bertz CT molecular complexity index is 381. The largest absolute Gasteiger partial charge is 0.396 e. The van der Waals surface area contributed by atoms with Crippen molar-refractivity contribution in [3.05, 3.63) is 34.9 Å². The van der Waals surface area contributed by atoms with Gasteiger partial charge in [0.05, 0.1) is 0 Å². The van der Waals surface area contributed by atoms with Crippen molar-refractivity contribution in [2.24, 2.45) is 5.92 Å². The summed E-state index contributed by atoms with van der Waals surface area (Å²) in [7, 11) is 0. The first-order chi connectivity index (χ1) is 8.69. The summed E-state index contributed by atoms with van der Waals surface area (Å²) in [5, 5.41) is 9.16. The molecule has 0 aromatic heterocycles. The molecule has 0 spiro atoms. The summed E-state index contributed by atoms with van der Waals surface area (Å²) >= 11 is 0. The van der Waals surface area contributed by atoms with Crippen molar-refractivity contribution in [3.8, 4) is 0 Å². The first kappa shape index (κ1) is 13.6. The normalized spacial score (nSPS) is 18.2. The van der Waals surface area contributed by atoms with Crippen LogP contribution in [0.25, 0.3) is 0 Å². The van der Waals surface area contributed by atoms with Gasteiger partial charge in [-0.25, -0.2) is 0 Å². The molecule has 0 radical (unpaired) electrons. The molecule has 2 rings (SSSR count). The second-order valence-corrected chi connectivity index (χ2v) is 5.70. The van der Waals surface area contributed by atoms with E-state index in [2.05, 4.69) is 36.9 Å². The van der Waals surface area contributed by atoms with Crippen LogP contribution in [0.3, 0.4) is 0 Å². The number of hydrogen-bond acceptors (Lipinski definition) is 2. The minimum atomic E-state index is 0.244. The van der Waals surface area contributed by atoms with Crippen molar-refractivity contribution < 1.29 is 5.11 Å². The quantitative estimate of drug-likeness (QED) is 0.884. The lowest BCUT2D eigenvalue weighted by atomic mass is 9.97. The first-order valence-corrected chi connectivity index (χ1v) is 7.10. The van der Waals surface area contributed by atoms with Crippen LogP contribution in [0.5, 0.6) is 0 Å². The fourth-order valence-corrected chi connectivity index (χ4v) is 2.72. The monoisotopic (exact) mass is 247 g/mol. The minimum Gasteiger partial charge on any atom is -0.396 e. The fraction of sp³-hybridized carbons (Fsp3) is 0.625. The Hall–Kier alpha value is -0.860. The molecule has 2 heteroatoms. The maximum atomic E-state index is 9.16. The molecule has 1 fully saturated rings. The summed E-state index contributed by atoms with van der Waals surface area (Å²) in [6, 6.07) is 6.64. The second-order valence-electron chi connectivity index (χ2n) is 5.70. The van der Waals surface area contributed by atoms with Crippen LogP contribution in [0.1, 0.15) is 36.5 Å². The third-order valence-electron chi connectivity index (χ3n) is 4.01. The van der Waals surface area contributed by atoms with Gasteiger partial charge in [0, 0.05) is 13.2 Å². The van der Waals surface area contributed by atoms with Crippen molar-refractivity contribution in [1.82, 2.24) is 4.90 Å². The highest BCUT2D eigenvalue weighted by Crippen LogP contribution is 2.20. The summed E-state index contributed by atoms with van der Waals surface area (Å²) in [6.07, 6.45) is 3.42. The standard InChI is InChI=1S/C16H25NO/c1-13-5-8-17(9-6-13)12-16-4-3-14(2)11-15(16)7-10-18/h3-4,11,13,18H,5-10,12H2,1-2H3. The van der Waals surface area contributed by atoms with E-state index >= 15 is 0 Å². The molecule has 1 aromatic rings. The van der Waals surface area contributed by atoms with E-state index in [-0.39, 0.29) is 6.61 Å². The summed E-state index contributed by atoms with van der Waals surface area (Å²) in [5.41, 5.74) is 4.00. The lowest BCUT2D eigenvalue weighted by Gasteiger charge is -2.30. The predicted octanol–water partition coefficient (Wildman–Crippen LogP) is 2.76. The van der Waals surface area contributed by atoms with Gasteiger partial charge in [-0.1, -0.05) is 30.7 Å². The van der Waals surface area contributed by atoms with Gasteiger partial charge in [-0.15, -0.1) is 0 Å². The van der Waals surface area contributed by atoms with Crippen molar-refractivity contribution in [1.29, 1.82) is 0 Å². The first-order valence-electron chi connectivity index (χ1n) is 7.10. The van der Waals surface area contributed by atoms with Crippen LogP contribution in [-0.2, 0) is 13.0 Å². The molecule has 0 amide bonds. The maximum absolute atomic E-state index is 9.16. The molecule has 2 nitrogen and oxygen atoms in total. The van der Waals surface area contributed by atoms with Gasteiger partial charge in [-0.05, 0) is 56.3 Å². The van der Waals surface area contributed by atoms with E-state index in [1.165, 1.54) is 42.6 Å². The molecule has 0 unspecified atom stereocenters. The van der Waals surface area contributed by atoms with Gasteiger partial charge in [-0.3, -0.25) is 4.90 Å². The highest BCUT2D eigenvalue weighted by Gasteiger charge is 2.16. The molecule has 1 aromatic carbocycles. The van der Waals surface area contributed by atoms with Crippen LogP contribution < -0.4 is 0 Å². The van der Waals surface area contributed by atoms with Crippen LogP contribution >= 0.6 is 0 Å². The molecule has 1 aliphatic heterocycles. The van der Waals surface area contributed by atoms with E-state index < -0.39 is 0 Å². The zero-order chi connectivity index (χ0) is 13.0. The van der Waals surface area contributed by atoms with Gasteiger partial charge >= 0.3 is 0 Å². The number of likely N-dealkylation sites (tertiary alicyclic amines) is 1. The Morgan fingerprint density at radius 1 is 1.22 bits per heavy atom. The number of benzene rings is 1. The lowest BCUT2D eigenvalue weighted by Crippen LogP contribution is -2.32. The molecule has 1 saturated heterocycles. The van der Waals surface area contributed by atoms with Crippen molar-refractivity contribution in [3.63, 3.8) is 0 Å². The fourth-order valence-electron chi connectivity index (χ4n) is 2.72. The number of aryl methyl sites for hydroxylation is 1. The molecule has 0 saturated carbocycles. The van der Waals surface area contributed by atoms with Gasteiger partial charge in [0.25, 0.3) is 0 Å². The van der Waals surface area contributed by atoms with E-state index in [0.717, 1.165) is 18.9 Å². The van der Waals surface area contributed by atoms with Gasteiger partial charge in [-0.2, -0.15) is 0 Å². The smallest absolute Gasteiger partial charge is 0.0471 e. The molecular weight excluding hydrogens is 222 g/mol. The Morgan fingerprint density at radius 2 is 1.94 bits per heavy atom. The van der Waals surface area contributed by atoms with Gasteiger partial charge in [0.2, 0.25) is 0 Å². The average Bonchev–Trinajstić information content (AvgIpc) is 2.36. The summed E-state index contributed by atoms with van der Waals surface area (Å²) < 4.78 is 0. The topological polar surface area (TPSA) is 23.5 Å². The van der Waals surface area contributed by atoms with Gasteiger partial charge in [0.1, 0.15) is 0 Å². The molecular formula is C16H25NO. The molecule has 1 aliphatic rings. The number of rotatable bonds is 4. The average molecular weight is 247 g/mol. The van der Waals surface area contributed by atoms with Crippen LogP contribution in [-0.4, -0.2) is 29.7 Å². The van der Waals surface area contributed by atoms with E-state index in [1.54, 1.807) is 0 Å². The SMILES string of the molecule is Cc1ccc(CN2CCC(C)CC2)c(CCO)c1. The molecule has 1 N–H and O–H groups in total. The van der Waals surface area contributed by atoms with Crippen LogP contribution in [0.2, 0.25) is 0 Å². The third kappa shape index (κ3) is 3.56. The molecule has 0 bridgehead atoms. The Kier molecular flexibility index (Phi) is 4.79. The van der Waals surface area contributed by atoms with Crippen LogP contribution in [0, 0.1) is 12.8 Å². The highest BCUT2D eigenvalue weighted by molar-refractivity contribution is 5.31. The number of hydrogen-bond donors (Lipinski definition) is 1. The minimum absolute atomic E-state index is 0.244. The predicted molar refractivity (Wildman–Crippen MR) is 75.6 cm³/mol. The number of nitrogens with zero attached hydrogens (tertiary/aromatic N) is 1. The van der Waals surface area contributed by atoms with E-state index in [4.69, 9.17) is 5.11 Å². The molecule has 0 atom stereocenters. The van der Waals surface area contributed by atoms with Crippen molar-refractivity contribution in [2.75, 3.05) is 19.7 Å². The lowest BCUT2D eigenvalue weighted by molar-refractivity contribution is 0.184. The molecule has 1 heterocycles. The van der Waals surface area contributed by atoms with Crippen LogP contribution in [0.15, 0.2) is 18.2 Å². The van der Waals surface area contributed by atoms with Gasteiger partial charge < -0.3 is 5.11 Å². The number of aliphatic hydroxyl groups is 1. The Balaban J connectivity index is 2.03. The Morgan fingerprint density at radius 3 is 2.61 bits per heavy atom. The van der Waals surface area contributed by atoms with E-state index in [9.17, 15) is 0 Å². The molecule has 100 valence electrons. The van der Waals surface area contributed by atoms with Crippen LogP contribution in [0.4, 0.5) is 0 Å². The highest BCUT2D eigenvalue weighted by atomic mass is 16.2. The zero-order valence-corrected chi connectivity index (χ0v) is 11.7. The maximum Gasteiger partial charge on any atom is 0.0471 e.